The average molecular weight is 512 g/mol. The number of carbonyl (C=O) groups excluding carboxylic acids is 1. The van der Waals surface area contributed by atoms with Gasteiger partial charge in [-0.1, -0.05) is 12.1 Å². The lowest BCUT2D eigenvalue weighted by atomic mass is 10.1. The second-order valence-electron chi connectivity index (χ2n) is 7.18. The zero-order valence-corrected chi connectivity index (χ0v) is 19.6. The van der Waals surface area contributed by atoms with Gasteiger partial charge in [-0.3, -0.25) is 18.5 Å². The number of aliphatic hydroxyl groups excluding tert-OH is 2. The van der Waals surface area contributed by atoms with Gasteiger partial charge in [0.05, 0.1) is 25.1 Å². The second kappa shape index (κ2) is 10.9. The Kier molecular flexibility index (Phi) is 8.18. The summed E-state index contributed by atoms with van der Waals surface area (Å²) in [6.45, 7) is 4.81. The van der Waals surface area contributed by atoms with Gasteiger partial charge in [0.15, 0.2) is 17.7 Å². The van der Waals surface area contributed by atoms with E-state index in [-0.39, 0.29) is 23.0 Å². The van der Waals surface area contributed by atoms with Crippen molar-refractivity contribution >= 4 is 34.6 Å². The van der Waals surface area contributed by atoms with Gasteiger partial charge in [-0.25, -0.2) is 14.7 Å². The molecule has 14 nitrogen and oxygen atoms in total. The Hall–Kier alpha value is -3.37. The Morgan fingerprint density at radius 2 is 2.03 bits per heavy atom. The van der Waals surface area contributed by atoms with E-state index in [1.54, 1.807) is 11.6 Å². The molecule has 1 aliphatic heterocycles. The fourth-order valence-corrected chi connectivity index (χ4v) is 4.05. The highest BCUT2D eigenvalue weighted by atomic mass is 32.2. The van der Waals surface area contributed by atoms with Crippen LogP contribution in [-0.2, 0) is 24.0 Å². The smallest absolute Gasteiger partial charge is 0.362 e. The maximum atomic E-state index is 12.2. The van der Waals surface area contributed by atoms with Crippen LogP contribution in [0.15, 0.2) is 40.6 Å². The number of imidazole rings is 1. The molecule has 2 aromatic rings. The predicted molar refractivity (Wildman–Crippen MR) is 122 cm³/mol. The van der Waals surface area contributed by atoms with Crippen molar-refractivity contribution in [2.75, 3.05) is 20.3 Å². The Balaban J connectivity index is 1.71. The molecule has 1 amide bonds. The quantitative estimate of drug-likeness (QED) is 0.255. The number of aromatic nitrogens is 2. The normalized spacial score (nSPS) is 22.7. The first-order valence-corrected chi connectivity index (χ1v) is 11.7. The molecular formula is C20H25N5O9S. The van der Waals surface area contributed by atoms with Crippen LogP contribution in [0.3, 0.4) is 0 Å². The van der Waals surface area contributed by atoms with Crippen LogP contribution in [-0.4, -0.2) is 90.4 Å². The fraction of sp³-hybridized carbons (Fsp3) is 0.400. The van der Waals surface area contributed by atoms with E-state index in [1.165, 1.54) is 42.2 Å². The number of rotatable bonds is 9. The third-order valence-corrected chi connectivity index (χ3v) is 5.85. The first-order chi connectivity index (χ1) is 16.6. The number of carbonyl (C=O) groups is 1. The number of hydrogen-bond donors (Lipinski definition) is 4. The molecule has 1 fully saturated rings. The summed E-state index contributed by atoms with van der Waals surface area (Å²) in [4.78, 5) is 24.2. The SMILES string of the molecule is C=Nc1c(/C(=N\C)OCC)ncn1[C@@H]1O[C@H](COS(=O)(=O)NC(=O)c2ccccc2O)[C@@H](O)[C@H]1O. The zero-order chi connectivity index (χ0) is 25.8. The molecule has 15 heteroatoms. The number of hydrogen-bond acceptors (Lipinski definition) is 12. The lowest BCUT2D eigenvalue weighted by Crippen LogP contribution is -2.37. The van der Waals surface area contributed by atoms with E-state index in [9.17, 15) is 28.5 Å². The van der Waals surface area contributed by atoms with Crippen LogP contribution < -0.4 is 4.72 Å². The minimum Gasteiger partial charge on any atom is -0.507 e. The van der Waals surface area contributed by atoms with Crippen molar-refractivity contribution < 1.29 is 42.2 Å². The van der Waals surface area contributed by atoms with Crippen LogP contribution in [0.2, 0.25) is 0 Å². The van der Waals surface area contributed by atoms with E-state index in [2.05, 4.69) is 21.7 Å². The average Bonchev–Trinajstić information content (AvgIpc) is 3.36. The monoisotopic (exact) mass is 511 g/mol. The molecule has 0 bridgehead atoms. The summed E-state index contributed by atoms with van der Waals surface area (Å²) < 4.78 is 43.1. The van der Waals surface area contributed by atoms with E-state index in [0.717, 1.165) is 0 Å². The van der Waals surface area contributed by atoms with Crippen LogP contribution in [0.1, 0.15) is 29.2 Å². The molecule has 1 aromatic heterocycles. The van der Waals surface area contributed by atoms with Gasteiger partial charge in [-0.2, -0.15) is 8.42 Å². The summed E-state index contributed by atoms with van der Waals surface area (Å²) >= 11 is 0. The summed E-state index contributed by atoms with van der Waals surface area (Å²) in [5, 5.41) is 30.6. The largest absolute Gasteiger partial charge is 0.507 e. The van der Waals surface area contributed by atoms with E-state index in [1.807, 2.05) is 0 Å². The minimum atomic E-state index is -4.65. The molecule has 4 N–H and O–H groups in total. The van der Waals surface area contributed by atoms with Crippen LogP contribution in [0.5, 0.6) is 5.75 Å². The van der Waals surface area contributed by atoms with Gasteiger partial charge in [0.1, 0.15) is 24.1 Å². The third-order valence-electron chi connectivity index (χ3n) is 4.97. The molecule has 35 heavy (non-hydrogen) atoms. The highest BCUT2D eigenvalue weighted by molar-refractivity contribution is 7.85. The molecule has 0 spiro atoms. The summed E-state index contributed by atoms with van der Waals surface area (Å²) in [5.74, 6) is -1.23. The lowest BCUT2D eigenvalue weighted by molar-refractivity contribution is -0.0478. The molecular weight excluding hydrogens is 486 g/mol. The Morgan fingerprint density at radius 1 is 1.31 bits per heavy atom. The maximum Gasteiger partial charge on any atom is 0.362 e. The third kappa shape index (κ3) is 5.66. The molecule has 4 atom stereocenters. The van der Waals surface area contributed by atoms with E-state index in [4.69, 9.17) is 13.7 Å². The molecule has 1 aliphatic rings. The van der Waals surface area contributed by atoms with E-state index >= 15 is 0 Å². The fourth-order valence-electron chi connectivity index (χ4n) is 3.34. The molecule has 3 rings (SSSR count). The minimum absolute atomic E-state index is 0.138. The first-order valence-electron chi connectivity index (χ1n) is 10.3. The van der Waals surface area contributed by atoms with Gasteiger partial charge >= 0.3 is 10.3 Å². The summed E-state index contributed by atoms with van der Waals surface area (Å²) in [7, 11) is -3.16. The van der Waals surface area contributed by atoms with Crippen LogP contribution in [0.4, 0.5) is 5.82 Å². The number of aromatic hydroxyl groups is 1. The molecule has 0 radical (unpaired) electrons. The van der Waals surface area contributed by atoms with Crippen LogP contribution in [0.25, 0.3) is 0 Å². The lowest BCUT2D eigenvalue weighted by Gasteiger charge is -2.17. The summed E-state index contributed by atoms with van der Waals surface area (Å²) in [6.07, 6.45) is -4.32. The van der Waals surface area contributed by atoms with Crippen molar-refractivity contribution in [3.05, 3.63) is 41.9 Å². The molecule has 0 aliphatic carbocycles. The molecule has 1 saturated heterocycles. The van der Waals surface area contributed by atoms with E-state index < -0.39 is 53.1 Å². The number of nitrogens with one attached hydrogen (secondary N) is 1. The van der Waals surface area contributed by atoms with Gasteiger partial charge in [0, 0.05) is 7.05 Å². The first kappa shape index (κ1) is 26.2. The van der Waals surface area contributed by atoms with Crippen molar-refractivity contribution in [1.29, 1.82) is 0 Å². The summed E-state index contributed by atoms with van der Waals surface area (Å²) in [6, 6.07) is 5.32. The van der Waals surface area contributed by atoms with Gasteiger partial charge in [-0.05, 0) is 25.8 Å². The van der Waals surface area contributed by atoms with Gasteiger partial charge in [-0.15, -0.1) is 0 Å². The van der Waals surface area contributed by atoms with E-state index in [0.29, 0.717) is 6.61 Å². The summed E-state index contributed by atoms with van der Waals surface area (Å²) in [5.41, 5.74) is -0.0569. The number of nitrogens with zero attached hydrogens (tertiary/aromatic N) is 4. The second-order valence-corrected chi connectivity index (χ2v) is 8.53. The number of benzene rings is 1. The predicted octanol–water partition coefficient (Wildman–Crippen LogP) is -0.356. The Labute approximate surface area is 200 Å². The molecule has 1 aromatic carbocycles. The highest BCUT2D eigenvalue weighted by Gasteiger charge is 2.45. The molecule has 2 heterocycles. The Morgan fingerprint density at radius 3 is 2.66 bits per heavy atom. The van der Waals surface area contributed by atoms with Crippen molar-refractivity contribution in [3.8, 4) is 5.75 Å². The number of amides is 1. The van der Waals surface area contributed by atoms with Crippen molar-refractivity contribution in [1.82, 2.24) is 14.3 Å². The molecule has 0 unspecified atom stereocenters. The number of para-hydroxylation sites is 1. The van der Waals surface area contributed by atoms with Crippen molar-refractivity contribution in [3.63, 3.8) is 0 Å². The van der Waals surface area contributed by atoms with Gasteiger partial charge < -0.3 is 24.8 Å². The van der Waals surface area contributed by atoms with Crippen LogP contribution >= 0.6 is 0 Å². The number of ether oxygens (including phenoxy) is 2. The molecule has 190 valence electrons. The van der Waals surface area contributed by atoms with Crippen LogP contribution in [0, 0.1) is 0 Å². The maximum absolute atomic E-state index is 12.2. The van der Waals surface area contributed by atoms with Crippen molar-refractivity contribution in [2.45, 2.75) is 31.5 Å². The highest BCUT2D eigenvalue weighted by Crippen LogP contribution is 2.34. The molecule has 0 saturated carbocycles. The topological polar surface area (TPSA) is 194 Å². The zero-order valence-electron chi connectivity index (χ0n) is 18.8. The number of phenolic OH excluding ortho intramolecular Hbond substituents is 1. The number of phenols is 1. The number of aliphatic hydroxyl groups is 2. The van der Waals surface area contributed by atoms with Gasteiger partial charge in [0.2, 0.25) is 5.90 Å². The Bertz CT molecular complexity index is 1210. The number of aliphatic imine (C=N–C) groups is 2. The standard InChI is InChI=1S/C20H25N5O9S/c1-4-32-19(22-3)14-17(21-2)25(10-23-14)20-16(28)15(27)13(34-20)9-33-35(30,31)24-18(29)11-7-5-6-8-12(11)26/h5-8,10,13,15-16,20,26-28H,2,4,9H2,1,3H3,(H,24,29)/b22-19+/t13-,15-,16-,20-/m1/s1. The van der Waals surface area contributed by atoms with Gasteiger partial charge in [0.25, 0.3) is 5.91 Å². The van der Waals surface area contributed by atoms with Crippen molar-refractivity contribution in [2.24, 2.45) is 9.98 Å².